The van der Waals surface area contributed by atoms with Gasteiger partial charge in [0.2, 0.25) is 0 Å². The highest BCUT2D eigenvalue weighted by Gasteiger charge is 2.21. The molecule has 0 atom stereocenters. The van der Waals surface area contributed by atoms with Crippen molar-refractivity contribution in [2.75, 3.05) is 6.61 Å². The summed E-state index contributed by atoms with van der Waals surface area (Å²) in [4.78, 5) is 10.6. The van der Waals surface area contributed by atoms with Gasteiger partial charge in [0.15, 0.2) is 6.29 Å². The van der Waals surface area contributed by atoms with Gasteiger partial charge >= 0.3 is 0 Å². The summed E-state index contributed by atoms with van der Waals surface area (Å²) in [5.74, 6) is 0.651. The van der Waals surface area contributed by atoms with E-state index in [0.717, 1.165) is 22.7 Å². The smallest absolute Gasteiger partial charge is 0.151 e. The second-order valence-electron chi connectivity index (χ2n) is 2.79. The van der Waals surface area contributed by atoms with E-state index in [0.29, 0.717) is 22.9 Å². The highest BCUT2D eigenvalue weighted by atomic mass is 79.9. The molecule has 0 spiro atoms. The number of hydrogen-bond donors (Lipinski definition) is 0. The van der Waals surface area contributed by atoms with E-state index in [1.807, 2.05) is 0 Å². The van der Waals surface area contributed by atoms with Gasteiger partial charge in [-0.05, 0) is 6.07 Å². The molecular weight excluding hydrogens is 255 g/mol. The lowest BCUT2D eigenvalue weighted by Crippen LogP contribution is -1.89. The third-order valence-corrected chi connectivity index (χ3v) is 3.12. The molecule has 0 unspecified atom stereocenters. The number of fused-ring (bicyclic) bond motifs is 1. The lowest BCUT2D eigenvalue weighted by Gasteiger charge is -2.05. The standard InChI is InChI=1S/C9H6BrClO2/c10-7-3-5(4-12)8(11)9-6(7)1-2-13-9/h3-4H,1-2H2. The minimum atomic E-state index is 0.422. The SMILES string of the molecule is O=Cc1cc(Br)c2c(c1Cl)OCC2. The minimum absolute atomic E-state index is 0.422. The molecule has 2 rings (SSSR count). The molecule has 0 fully saturated rings. The molecule has 0 saturated carbocycles. The maximum absolute atomic E-state index is 10.6. The first-order valence-electron chi connectivity index (χ1n) is 3.83. The van der Waals surface area contributed by atoms with E-state index < -0.39 is 0 Å². The molecule has 1 aliphatic rings. The minimum Gasteiger partial charge on any atom is -0.491 e. The number of carbonyl (C=O) groups is 1. The van der Waals surface area contributed by atoms with Crippen LogP contribution >= 0.6 is 27.5 Å². The fourth-order valence-electron chi connectivity index (χ4n) is 1.38. The summed E-state index contributed by atoms with van der Waals surface area (Å²) >= 11 is 9.32. The lowest BCUT2D eigenvalue weighted by atomic mass is 10.1. The number of aldehydes is 1. The van der Waals surface area contributed by atoms with Gasteiger partial charge in [-0.25, -0.2) is 0 Å². The van der Waals surface area contributed by atoms with Crippen LogP contribution in [-0.4, -0.2) is 12.9 Å². The van der Waals surface area contributed by atoms with Crippen molar-refractivity contribution in [1.29, 1.82) is 0 Å². The van der Waals surface area contributed by atoms with E-state index in [2.05, 4.69) is 15.9 Å². The Morgan fingerprint density at radius 3 is 3.08 bits per heavy atom. The van der Waals surface area contributed by atoms with E-state index in [-0.39, 0.29) is 0 Å². The topological polar surface area (TPSA) is 26.3 Å². The first-order valence-corrected chi connectivity index (χ1v) is 5.00. The molecule has 0 N–H and O–H groups in total. The summed E-state index contributed by atoms with van der Waals surface area (Å²) in [6.45, 7) is 0.635. The van der Waals surface area contributed by atoms with Crippen molar-refractivity contribution in [3.8, 4) is 5.75 Å². The molecule has 2 nitrogen and oxygen atoms in total. The summed E-state index contributed by atoms with van der Waals surface area (Å²) in [7, 11) is 0. The van der Waals surface area contributed by atoms with Gasteiger partial charge in [0.1, 0.15) is 5.75 Å². The second kappa shape index (κ2) is 3.31. The van der Waals surface area contributed by atoms with Crippen LogP contribution in [-0.2, 0) is 6.42 Å². The summed E-state index contributed by atoms with van der Waals surface area (Å²) in [6.07, 6.45) is 1.57. The monoisotopic (exact) mass is 260 g/mol. The Bertz CT molecular complexity index is 376. The van der Waals surface area contributed by atoms with Crippen molar-refractivity contribution in [1.82, 2.24) is 0 Å². The molecule has 13 heavy (non-hydrogen) atoms. The van der Waals surface area contributed by atoms with Crippen molar-refractivity contribution in [3.63, 3.8) is 0 Å². The molecule has 1 aromatic carbocycles. The molecule has 0 saturated heterocycles. The quantitative estimate of drug-likeness (QED) is 0.727. The highest BCUT2D eigenvalue weighted by molar-refractivity contribution is 9.10. The van der Waals surface area contributed by atoms with Crippen LogP contribution in [0.2, 0.25) is 5.02 Å². The van der Waals surface area contributed by atoms with E-state index in [1.165, 1.54) is 0 Å². The van der Waals surface area contributed by atoms with Crippen LogP contribution in [0.15, 0.2) is 10.5 Å². The van der Waals surface area contributed by atoms with Gasteiger partial charge in [-0.15, -0.1) is 0 Å². The predicted octanol–water partition coefficient (Wildman–Crippen LogP) is 2.85. The first kappa shape index (κ1) is 9.03. The predicted molar refractivity (Wildman–Crippen MR) is 53.7 cm³/mol. The molecule has 1 aliphatic heterocycles. The number of ether oxygens (including phenoxy) is 1. The van der Waals surface area contributed by atoms with Gasteiger partial charge in [0.25, 0.3) is 0 Å². The largest absolute Gasteiger partial charge is 0.491 e. The van der Waals surface area contributed by atoms with E-state index in [9.17, 15) is 4.79 Å². The summed E-state index contributed by atoms with van der Waals surface area (Å²) in [5.41, 5.74) is 1.52. The van der Waals surface area contributed by atoms with Crippen molar-refractivity contribution >= 4 is 33.8 Å². The summed E-state index contributed by atoms with van der Waals surface area (Å²) in [5, 5.41) is 0.422. The van der Waals surface area contributed by atoms with Crippen molar-refractivity contribution < 1.29 is 9.53 Å². The van der Waals surface area contributed by atoms with Crippen LogP contribution < -0.4 is 4.74 Å². The van der Waals surface area contributed by atoms with Gasteiger partial charge in [-0.3, -0.25) is 4.79 Å². The molecule has 0 amide bonds. The van der Waals surface area contributed by atoms with Gasteiger partial charge in [-0.1, -0.05) is 27.5 Å². The maximum atomic E-state index is 10.6. The van der Waals surface area contributed by atoms with Crippen LogP contribution in [0.1, 0.15) is 15.9 Å². The number of carbonyl (C=O) groups excluding carboxylic acids is 1. The Morgan fingerprint density at radius 2 is 2.38 bits per heavy atom. The third-order valence-electron chi connectivity index (χ3n) is 2.02. The fraction of sp³-hybridized carbons (Fsp3) is 0.222. The summed E-state index contributed by atoms with van der Waals surface area (Å²) in [6, 6.07) is 1.73. The number of halogens is 2. The zero-order valence-corrected chi connectivity index (χ0v) is 8.98. The summed E-state index contributed by atoms with van der Waals surface area (Å²) < 4.78 is 6.23. The number of rotatable bonds is 1. The van der Waals surface area contributed by atoms with Crippen molar-refractivity contribution in [2.24, 2.45) is 0 Å². The molecule has 68 valence electrons. The Kier molecular flexibility index (Phi) is 2.30. The molecule has 0 radical (unpaired) electrons. The van der Waals surface area contributed by atoms with Gasteiger partial charge in [0.05, 0.1) is 11.6 Å². The molecular formula is C9H6BrClO2. The zero-order valence-electron chi connectivity index (χ0n) is 6.64. The fourth-order valence-corrected chi connectivity index (χ4v) is 2.28. The maximum Gasteiger partial charge on any atom is 0.151 e. The average Bonchev–Trinajstić information content (AvgIpc) is 2.60. The third kappa shape index (κ3) is 1.36. The Hall–Kier alpha value is -0.540. The van der Waals surface area contributed by atoms with E-state index in [1.54, 1.807) is 6.07 Å². The second-order valence-corrected chi connectivity index (χ2v) is 4.02. The van der Waals surface area contributed by atoms with E-state index in [4.69, 9.17) is 16.3 Å². The van der Waals surface area contributed by atoms with Crippen LogP contribution in [0, 0.1) is 0 Å². The van der Waals surface area contributed by atoms with Gasteiger partial charge in [0, 0.05) is 22.0 Å². The van der Waals surface area contributed by atoms with Crippen LogP contribution in [0.4, 0.5) is 0 Å². The van der Waals surface area contributed by atoms with Crippen molar-refractivity contribution in [2.45, 2.75) is 6.42 Å². The normalized spacial score (nSPS) is 13.7. The van der Waals surface area contributed by atoms with Crippen LogP contribution in [0.25, 0.3) is 0 Å². The Morgan fingerprint density at radius 1 is 1.62 bits per heavy atom. The van der Waals surface area contributed by atoms with Crippen LogP contribution in [0.3, 0.4) is 0 Å². The molecule has 1 aromatic rings. The Labute approximate surface area is 89.0 Å². The zero-order chi connectivity index (χ0) is 9.42. The molecule has 0 aromatic heterocycles. The molecule has 0 aliphatic carbocycles. The first-order chi connectivity index (χ1) is 6.24. The average molecular weight is 262 g/mol. The van der Waals surface area contributed by atoms with Gasteiger partial charge in [-0.2, -0.15) is 0 Å². The molecule has 4 heteroatoms. The number of hydrogen-bond acceptors (Lipinski definition) is 2. The van der Waals surface area contributed by atoms with Crippen molar-refractivity contribution in [3.05, 3.63) is 26.7 Å². The van der Waals surface area contributed by atoms with Gasteiger partial charge < -0.3 is 4.74 Å². The molecule has 0 bridgehead atoms. The van der Waals surface area contributed by atoms with Crippen LogP contribution in [0.5, 0.6) is 5.75 Å². The van der Waals surface area contributed by atoms with E-state index >= 15 is 0 Å². The Balaban J connectivity index is 2.69. The molecule has 1 heterocycles. The number of benzene rings is 1. The lowest BCUT2D eigenvalue weighted by molar-refractivity contribution is 0.112. The highest BCUT2D eigenvalue weighted by Crippen LogP contribution is 2.40.